The van der Waals surface area contributed by atoms with Crippen molar-refractivity contribution >= 4 is 11.6 Å². The Morgan fingerprint density at radius 3 is 2.16 bits per heavy atom. The molecule has 0 aromatic heterocycles. The van der Waals surface area contributed by atoms with E-state index in [2.05, 4.69) is 61.5 Å². The molecule has 0 heterocycles. The molecule has 0 spiro atoms. The second-order valence-corrected chi connectivity index (χ2v) is 15.0. The molecule has 0 amide bonds. The molecule has 0 saturated heterocycles. The molecule has 0 aromatic carbocycles. The van der Waals surface area contributed by atoms with Crippen LogP contribution in [-0.4, -0.2) is 11.6 Å². The molecular formula is C30H46O2. The number of allylic oxidation sites excluding steroid dienone is 2. The monoisotopic (exact) mass is 438 g/mol. The standard InChI is InChI=1S/C30H46O2/c1-25(2)13-14-27(5)15-16-29(7)19(20(27)18-25)17-21(31)24-28(6)11-10-23(32)26(3,4)22(28)9-12-30(24,29)8/h17,20,22,24H,9-16,18H2,1-8H3/t20?,22?,24?,27-,28+,29-,30-/m1/s1. The molecule has 5 rings (SSSR count). The molecule has 3 unspecified atom stereocenters. The average Bonchev–Trinajstić information content (AvgIpc) is 2.68. The molecule has 7 atom stereocenters. The minimum absolute atomic E-state index is 0.00119. The Hall–Kier alpha value is -0.920. The van der Waals surface area contributed by atoms with Crippen LogP contribution in [0.25, 0.3) is 0 Å². The average molecular weight is 439 g/mol. The van der Waals surface area contributed by atoms with Gasteiger partial charge in [-0.2, -0.15) is 0 Å². The first-order valence-corrected chi connectivity index (χ1v) is 13.4. The summed E-state index contributed by atoms with van der Waals surface area (Å²) in [6.07, 6.45) is 12.2. The first-order chi connectivity index (χ1) is 14.6. The summed E-state index contributed by atoms with van der Waals surface area (Å²) in [5, 5.41) is 0. The Morgan fingerprint density at radius 1 is 0.812 bits per heavy atom. The fraction of sp³-hybridized carbons (Fsp3) is 0.867. The van der Waals surface area contributed by atoms with Crippen LogP contribution in [0.2, 0.25) is 0 Å². The summed E-state index contributed by atoms with van der Waals surface area (Å²) < 4.78 is 0. The minimum atomic E-state index is -0.308. The van der Waals surface area contributed by atoms with Crippen molar-refractivity contribution in [2.75, 3.05) is 0 Å². The smallest absolute Gasteiger partial charge is 0.159 e. The number of ketones is 2. The molecule has 0 aromatic rings. The number of rotatable bonds is 0. The lowest BCUT2D eigenvalue weighted by Gasteiger charge is -2.70. The molecular weight excluding hydrogens is 392 g/mol. The number of hydrogen-bond donors (Lipinski definition) is 0. The second-order valence-electron chi connectivity index (χ2n) is 15.0. The predicted octanol–water partition coefficient (Wildman–Crippen LogP) is 7.56. The van der Waals surface area contributed by atoms with E-state index >= 15 is 0 Å². The molecule has 5 aliphatic carbocycles. The highest BCUT2D eigenvalue weighted by Crippen LogP contribution is 2.74. The summed E-state index contributed by atoms with van der Waals surface area (Å²) in [7, 11) is 0. The van der Waals surface area contributed by atoms with Gasteiger partial charge < -0.3 is 0 Å². The van der Waals surface area contributed by atoms with Gasteiger partial charge in [0.2, 0.25) is 0 Å². The van der Waals surface area contributed by atoms with Gasteiger partial charge >= 0.3 is 0 Å². The zero-order valence-electron chi connectivity index (χ0n) is 22.0. The van der Waals surface area contributed by atoms with Gasteiger partial charge in [0.25, 0.3) is 0 Å². The van der Waals surface area contributed by atoms with E-state index in [4.69, 9.17) is 0 Å². The number of carbonyl (C=O) groups excluding carboxylic acids is 2. The lowest BCUT2D eigenvalue weighted by Crippen LogP contribution is -2.66. The van der Waals surface area contributed by atoms with Crippen molar-refractivity contribution in [3.05, 3.63) is 11.6 Å². The summed E-state index contributed by atoms with van der Waals surface area (Å²) in [4.78, 5) is 27.0. The molecule has 4 fully saturated rings. The Kier molecular flexibility index (Phi) is 4.57. The molecule has 32 heavy (non-hydrogen) atoms. The first kappa shape index (κ1) is 22.9. The highest BCUT2D eigenvalue weighted by Gasteiger charge is 2.70. The van der Waals surface area contributed by atoms with Crippen molar-refractivity contribution in [2.45, 2.75) is 113 Å². The quantitative estimate of drug-likeness (QED) is 0.391. The summed E-state index contributed by atoms with van der Waals surface area (Å²) in [5.41, 5.74) is 1.95. The lowest BCUT2D eigenvalue weighted by atomic mass is 9.33. The fourth-order valence-corrected chi connectivity index (χ4v) is 10.1. The fourth-order valence-electron chi connectivity index (χ4n) is 10.1. The van der Waals surface area contributed by atoms with E-state index in [-0.39, 0.29) is 27.6 Å². The van der Waals surface area contributed by atoms with E-state index in [1.54, 1.807) is 0 Å². The van der Waals surface area contributed by atoms with Gasteiger partial charge in [-0.25, -0.2) is 0 Å². The molecule has 0 radical (unpaired) electrons. The third-order valence-electron chi connectivity index (χ3n) is 12.5. The molecule has 178 valence electrons. The van der Waals surface area contributed by atoms with Crippen LogP contribution in [0, 0.1) is 50.2 Å². The summed E-state index contributed by atoms with van der Waals surface area (Å²) in [6, 6.07) is 0. The van der Waals surface area contributed by atoms with Gasteiger partial charge in [-0.1, -0.05) is 61.0 Å². The Labute approximate surface area is 196 Å². The van der Waals surface area contributed by atoms with Gasteiger partial charge in [0.05, 0.1) is 0 Å². The van der Waals surface area contributed by atoms with Crippen LogP contribution >= 0.6 is 0 Å². The molecule has 5 aliphatic rings. The van der Waals surface area contributed by atoms with Crippen molar-refractivity contribution in [3.8, 4) is 0 Å². The summed E-state index contributed by atoms with van der Waals surface area (Å²) in [6.45, 7) is 19.1. The van der Waals surface area contributed by atoms with Gasteiger partial charge in [0.15, 0.2) is 5.78 Å². The summed E-state index contributed by atoms with van der Waals surface area (Å²) >= 11 is 0. The van der Waals surface area contributed by atoms with E-state index in [1.807, 2.05) is 0 Å². The maximum absolute atomic E-state index is 14.2. The summed E-state index contributed by atoms with van der Waals surface area (Å²) in [5.74, 6) is 1.72. The van der Waals surface area contributed by atoms with Crippen LogP contribution in [0.1, 0.15) is 113 Å². The van der Waals surface area contributed by atoms with Crippen LogP contribution < -0.4 is 0 Å². The van der Waals surface area contributed by atoms with Crippen LogP contribution in [0.15, 0.2) is 11.6 Å². The molecule has 0 bridgehead atoms. The minimum Gasteiger partial charge on any atom is -0.299 e. The van der Waals surface area contributed by atoms with E-state index < -0.39 is 0 Å². The van der Waals surface area contributed by atoms with Crippen molar-refractivity contribution in [3.63, 3.8) is 0 Å². The number of hydrogen-bond acceptors (Lipinski definition) is 2. The largest absolute Gasteiger partial charge is 0.299 e. The van der Waals surface area contributed by atoms with Crippen molar-refractivity contribution in [1.82, 2.24) is 0 Å². The molecule has 0 aliphatic heterocycles. The lowest BCUT2D eigenvalue weighted by molar-refractivity contribution is -0.187. The first-order valence-electron chi connectivity index (χ1n) is 13.4. The highest BCUT2D eigenvalue weighted by atomic mass is 16.1. The predicted molar refractivity (Wildman–Crippen MR) is 130 cm³/mol. The SMILES string of the molecule is CC1(C)CC[C@]2(C)CC[C@]3(C)C(=CC(=O)C4[C@@]5(C)CCC(=O)C(C)(C)C5CC[C@]43C)C2C1. The van der Waals surface area contributed by atoms with Crippen molar-refractivity contribution < 1.29 is 9.59 Å². The van der Waals surface area contributed by atoms with Gasteiger partial charge in [-0.05, 0) is 96.4 Å². The third-order valence-corrected chi connectivity index (χ3v) is 12.5. The van der Waals surface area contributed by atoms with Crippen LogP contribution in [0.4, 0.5) is 0 Å². The van der Waals surface area contributed by atoms with E-state index in [0.717, 1.165) is 19.3 Å². The molecule has 2 nitrogen and oxygen atoms in total. The van der Waals surface area contributed by atoms with Crippen molar-refractivity contribution in [1.29, 1.82) is 0 Å². The maximum Gasteiger partial charge on any atom is 0.159 e. The molecule has 0 N–H and O–H groups in total. The Morgan fingerprint density at radius 2 is 1.47 bits per heavy atom. The van der Waals surface area contributed by atoms with Gasteiger partial charge in [0, 0.05) is 17.8 Å². The molecule has 2 heteroatoms. The number of Topliss-reactive ketones (excluding diaryl/α,β-unsaturated/α-hetero) is 1. The molecule has 4 saturated carbocycles. The van der Waals surface area contributed by atoms with Gasteiger partial charge in [0.1, 0.15) is 5.78 Å². The Bertz CT molecular complexity index is 908. The second kappa shape index (κ2) is 6.39. The van der Waals surface area contributed by atoms with E-state index in [1.165, 1.54) is 37.7 Å². The maximum atomic E-state index is 14.2. The normalized spacial score (nSPS) is 51.6. The van der Waals surface area contributed by atoms with Gasteiger partial charge in [-0.15, -0.1) is 0 Å². The van der Waals surface area contributed by atoms with Crippen LogP contribution in [0.5, 0.6) is 0 Å². The highest BCUT2D eigenvalue weighted by molar-refractivity contribution is 5.96. The zero-order valence-corrected chi connectivity index (χ0v) is 22.0. The Balaban J connectivity index is 1.64. The van der Waals surface area contributed by atoms with Gasteiger partial charge in [-0.3, -0.25) is 9.59 Å². The van der Waals surface area contributed by atoms with Crippen LogP contribution in [-0.2, 0) is 9.59 Å². The third kappa shape index (κ3) is 2.65. The van der Waals surface area contributed by atoms with Crippen molar-refractivity contribution in [2.24, 2.45) is 50.2 Å². The number of carbonyl (C=O) groups is 2. The van der Waals surface area contributed by atoms with E-state index in [9.17, 15) is 9.59 Å². The topological polar surface area (TPSA) is 34.1 Å². The van der Waals surface area contributed by atoms with E-state index in [0.29, 0.717) is 40.7 Å². The van der Waals surface area contributed by atoms with Crippen LogP contribution in [0.3, 0.4) is 0 Å². The zero-order chi connectivity index (χ0) is 23.5. The number of fused-ring (bicyclic) bond motifs is 7.